The number of nitrogens with one attached hydrogen (secondary N) is 1. The zero-order valence-corrected chi connectivity index (χ0v) is 9.24. The lowest BCUT2D eigenvalue weighted by molar-refractivity contribution is 0.419. The lowest BCUT2D eigenvalue weighted by atomic mass is 10.3. The molecule has 0 aliphatic heterocycles. The number of ether oxygens (including phenoxy) is 1. The standard InChI is InChI=1S/C11H15N3O/c1-12-7-10-13-11-8(14(10)2)5-4-6-9(11)15-3/h4-6,12H,7H2,1-3H3. The molecule has 0 bridgehead atoms. The Hall–Kier alpha value is -1.55. The van der Waals surface area contributed by atoms with Crippen molar-refractivity contribution in [1.29, 1.82) is 0 Å². The molecule has 1 aromatic heterocycles. The first-order valence-electron chi connectivity index (χ1n) is 4.91. The van der Waals surface area contributed by atoms with Gasteiger partial charge in [-0.2, -0.15) is 0 Å². The fraction of sp³-hybridized carbons (Fsp3) is 0.364. The second-order valence-electron chi connectivity index (χ2n) is 3.45. The number of fused-ring (bicyclic) bond motifs is 1. The van der Waals surface area contributed by atoms with E-state index in [0.29, 0.717) is 0 Å². The van der Waals surface area contributed by atoms with Crippen LogP contribution in [0.3, 0.4) is 0 Å². The van der Waals surface area contributed by atoms with E-state index in [2.05, 4.69) is 14.9 Å². The Labute approximate surface area is 88.9 Å². The maximum Gasteiger partial charge on any atom is 0.146 e. The fourth-order valence-corrected chi connectivity index (χ4v) is 1.72. The highest BCUT2D eigenvalue weighted by Crippen LogP contribution is 2.24. The molecule has 4 heteroatoms. The third-order valence-electron chi connectivity index (χ3n) is 2.52. The number of nitrogens with zero attached hydrogens (tertiary/aromatic N) is 2. The van der Waals surface area contributed by atoms with E-state index in [1.807, 2.05) is 32.3 Å². The van der Waals surface area contributed by atoms with E-state index < -0.39 is 0 Å². The Morgan fingerprint density at radius 3 is 2.93 bits per heavy atom. The summed E-state index contributed by atoms with van der Waals surface area (Å²) in [6, 6.07) is 5.95. The largest absolute Gasteiger partial charge is 0.494 e. The number of hydrogen-bond acceptors (Lipinski definition) is 3. The van der Waals surface area contributed by atoms with Crippen LogP contribution in [0.2, 0.25) is 0 Å². The van der Waals surface area contributed by atoms with E-state index in [4.69, 9.17) is 4.74 Å². The average molecular weight is 205 g/mol. The summed E-state index contributed by atoms with van der Waals surface area (Å²) < 4.78 is 7.36. The fourth-order valence-electron chi connectivity index (χ4n) is 1.72. The molecular formula is C11H15N3O. The summed E-state index contributed by atoms with van der Waals surface area (Å²) in [6.45, 7) is 0.758. The van der Waals surface area contributed by atoms with Crippen molar-refractivity contribution in [2.45, 2.75) is 6.54 Å². The first-order valence-corrected chi connectivity index (χ1v) is 4.91. The molecule has 0 spiro atoms. The van der Waals surface area contributed by atoms with Crippen molar-refractivity contribution < 1.29 is 4.74 Å². The van der Waals surface area contributed by atoms with Gasteiger partial charge in [-0.1, -0.05) is 6.07 Å². The van der Waals surface area contributed by atoms with Gasteiger partial charge >= 0.3 is 0 Å². The highest BCUT2D eigenvalue weighted by atomic mass is 16.5. The molecule has 0 unspecified atom stereocenters. The van der Waals surface area contributed by atoms with Crippen molar-refractivity contribution in [3.63, 3.8) is 0 Å². The van der Waals surface area contributed by atoms with Gasteiger partial charge in [-0.3, -0.25) is 0 Å². The van der Waals surface area contributed by atoms with Crippen LogP contribution in [0.4, 0.5) is 0 Å². The summed E-state index contributed by atoms with van der Waals surface area (Å²) in [5.74, 6) is 1.84. The van der Waals surface area contributed by atoms with E-state index >= 15 is 0 Å². The van der Waals surface area contributed by atoms with E-state index in [1.54, 1.807) is 7.11 Å². The van der Waals surface area contributed by atoms with Crippen LogP contribution in [0.25, 0.3) is 11.0 Å². The number of imidazole rings is 1. The van der Waals surface area contributed by atoms with Gasteiger partial charge in [0.1, 0.15) is 17.1 Å². The molecule has 2 rings (SSSR count). The van der Waals surface area contributed by atoms with Gasteiger partial charge in [0.15, 0.2) is 0 Å². The molecule has 0 amide bonds. The molecule has 0 saturated carbocycles. The maximum absolute atomic E-state index is 5.28. The minimum absolute atomic E-state index is 0.758. The van der Waals surface area contributed by atoms with Crippen molar-refractivity contribution in [2.75, 3.05) is 14.2 Å². The highest BCUT2D eigenvalue weighted by molar-refractivity contribution is 5.82. The van der Waals surface area contributed by atoms with Gasteiger partial charge in [-0.15, -0.1) is 0 Å². The maximum atomic E-state index is 5.28. The zero-order valence-electron chi connectivity index (χ0n) is 9.24. The molecule has 0 atom stereocenters. The van der Waals surface area contributed by atoms with Crippen LogP contribution in [-0.2, 0) is 13.6 Å². The Balaban J connectivity index is 2.64. The normalized spacial score (nSPS) is 10.9. The Bertz CT molecular complexity index is 476. The minimum atomic E-state index is 0.758. The third-order valence-corrected chi connectivity index (χ3v) is 2.52. The average Bonchev–Trinajstić information content (AvgIpc) is 2.57. The molecule has 2 aromatic rings. The van der Waals surface area contributed by atoms with Crippen molar-refractivity contribution in [3.05, 3.63) is 24.0 Å². The van der Waals surface area contributed by atoms with Gasteiger partial charge in [-0.05, 0) is 19.2 Å². The summed E-state index contributed by atoms with van der Waals surface area (Å²) in [5, 5.41) is 3.10. The van der Waals surface area contributed by atoms with Crippen LogP contribution in [0, 0.1) is 0 Å². The van der Waals surface area contributed by atoms with Gasteiger partial charge in [0.2, 0.25) is 0 Å². The van der Waals surface area contributed by atoms with Crippen LogP contribution >= 0.6 is 0 Å². The lowest BCUT2D eigenvalue weighted by Crippen LogP contribution is -2.10. The van der Waals surface area contributed by atoms with Crippen LogP contribution < -0.4 is 10.1 Å². The van der Waals surface area contributed by atoms with Gasteiger partial charge in [-0.25, -0.2) is 4.98 Å². The molecule has 1 heterocycles. The number of methoxy groups -OCH3 is 1. The first kappa shape index (κ1) is 9.98. The summed E-state index contributed by atoms with van der Waals surface area (Å²) in [7, 11) is 5.60. The van der Waals surface area contributed by atoms with E-state index in [1.165, 1.54) is 0 Å². The molecule has 0 saturated heterocycles. The van der Waals surface area contributed by atoms with Gasteiger partial charge in [0.05, 0.1) is 19.2 Å². The number of benzene rings is 1. The van der Waals surface area contributed by atoms with E-state index in [0.717, 1.165) is 29.2 Å². The molecule has 0 fully saturated rings. The summed E-state index contributed by atoms with van der Waals surface area (Å²) >= 11 is 0. The molecule has 0 radical (unpaired) electrons. The molecule has 0 aliphatic carbocycles. The second kappa shape index (κ2) is 3.90. The van der Waals surface area contributed by atoms with Gasteiger partial charge in [0.25, 0.3) is 0 Å². The van der Waals surface area contributed by atoms with Crippen molar-refractivity contribution in [2.24, 2.45) is 7.05 Å². The first-order chi connectivity index (χ1) is 7.27. The van der Waals surface area contributed by atoms with Crippen molar-refractivity contribution in [3.8, 4) is 5.75 Å². The van der Waals surface area contributed by atoms with Crippen molar-refractivity contribution >= 4 is 11.0 Å². The monoisotopic (exact) mass is 205 g/mol. The Morgan fingerprint density at radius 2 is 2.27 bits per heavy atom. The SMILES string of the molecule is CNCc1nc2c(OC)cccc2n1C. The van der Waals surface area contributed by atoms with Crippen molar-refractivity contribution in [1.82, 2.24) is 14.9 Å². The molecule has 1 N–H and O–H groups in total. The number of aryl methyl sites for hydroxylation is 1. The molecule has 15 heavy (non-hydrogen) atoms. The predicted molar refractivity (Wildman–Crippen MR) is 60.0 cm³/mol. The topological polar surface area (TPSA) is 39.1 Å². The van der Waals surface area contributed by atoms with Crippen LogP contribution in [-0.4, -0.2) is 23.7 Å². The molecule has 0 aliphatic rings. The molecule has 4 nitrogen and oxygen atoms in total. The predicted octanol–water partition coefficient (Wildman–Crippen LogP) is 1.30. The van der Waals surface area contributed by atoms with Crippen LogP contribution in [0.5, 0.6) is 5.75 Å². The summed E-state index contributed by atoms with van der Waals surface area (Å²) in [6.07, 6.45) is 0. The lowest BCUT2D eigenvalue weighted by Gasteiger charge is -2.01. The Morgan fingerprint density at radius 1 is 1.47 bits per heavy atom. The van der Waals surface area contributed by atoms with E-state index in [9.17, 15) is 0 Å². The zero-order chi connectivity index (χ0) is 10.8. The van der Waals surface area contributed by atoms with Crippen LogP contribution in [0.15, 0.2) is 18.2 Å². The molecule has 1 aromatic carbocycles. The number of aromatic nitrogens is 2. The number of hydrogen-bond donors (Lipinski definition) is 1. The quantitative estimate of drug-likeness (QED) is 0.821. The Kier molecular flexibility index (Phi) is 2.60. The van der Waals surface area contributed by atoms with E-state index in [-0.39, 0.29) is 0 Å². The van der Waals surface area contributed by atoms with Gasteiger partial charge < -0.3 is 14.6 Å². The second-order valence-corrected chi connectivity index (χ2v) is 3.45. The summed E-state index contributed by atoms with van der Waals surface area (Å²) in [5.41, 5.74) is 2.02. The van der Waals surface area contributed by atoms with Crippen LogP contribution in [0.1, 0.15) is 5.82 Å². The number of rotatable bonds is 3. The van der Waals surface area contributed by atoms with Gasteiger partial charge in [0, 0.05) is 7.05 Å². The molecular weight excluding hydrogens is 190 g/mol. The third kappa shape index (κ3) is 1.57. The number of para-hydroxylation sites is 1. The summed E-state index contributed by atoms with van der Waals surface area (Å²) in [4.78, 5) is 4.55. The smallest absolute Gasteiger partial charge is 0.146 e. The molecule has 80 valence electrons. The minimum Gasteiger partial charge on any atom is -0.494 e. The highest BCUT2D eigenvalue weighted by Gasteiger charge is 2.10.